The number of carbonyl (C=O) groups is 2. The van der Waals surface area contributed by atoms with Crippen LogP contribution in [0.3, 0.4) is 0 Å². The molecule has 0 bridgehead atoms. The van der Waals surface area contributed by atoms with Gasteiger partial charge in [0.2, 0.25) is 11.8 Å². The van der Waals surface area contributed by atoms with Gasteiger partial charge >= 0.3 is 0 Å². The topological polar surface area (TPSA) is 67.2 Å². The van der Waals surface area contributed by atoms with Gasteiger partial charge in [-0.3, -0.25) is 9.59 Å². The van der Waals surface area contributed by atoms with Gasteiger partial charge in [0, 0.05) is 25.7 Å². The molecule has 0 aliphatic heterocycles. The van der Waals surface area contributed by atoms with Gasteiger partial charge in [-0.15, -0.1) is 0 Å². The summed E-state index contributed by atoms with van der Waals surface area (Å²) in [6.07, 6.45) is 2.94. The number of hydrogen-bond acceptors (Lipinski definition) is 3. The Hall–Kier alpha value is -2.60. The lowest BCUT2D eigenvalue weighted by Crippen LogP contribution is -2.35. The molecule has 0 aliphatic rings. The third-order valence-corrected chi connectivity index (χ3v) is 3.73. The van der Waals surface area contributed by atoms with Crippen LogP contribution < -0.4 is 5.32 Å². The Balaban J connectivity index is 2.11. The van der Waals surface area contributed by atoms with Crippen molar-refractivity contribution in [3.63, 3.8) is 0 Å². The Labute approximate surface area is 145 Å². The highest BCUT2D eigenvalue weighted by molar-refractivity contribution is 6.31. The second-order valence-corrected chi connectivity index (χ2v) is 5.73. The van der Waals surface area contributed by atoms with Crippen LogP contribution in [0.1, 0.15) is 11.3 Å². The van der Waals surface area contributed by atoms with Crippen LogP contribution in [0.2, 0.25) is 5.15 Å². The zero-order valence-corrected chi connectivity index (χ0v) is 14.5. The van der Waals surface area contributed by atoms with E-state index in [-0.39, 0.29) is 18.4 Å². The second-order valence-electron chi connectivity index (χ2n) is 5.38. The maximum atomic E-state index is 11.8. The standard InChI is InChI=1S/C17H19ClN4O2/c1-12-14(9-10-15(23)19-11-16(24)21(2)3)17(18)22(20-12)13-7-5-4-6-8-13/h4-10H,11H2,1-3H3,(H,19,23)/b10-9+. The Morgan fingerprint density at radius 2 is 1.96 bits per heavy atom. The van der Waals surface area contributed by atoms with E-state index in [2.05, 4.69) is 10.4 Å². The Kier molecular flexibility index (Phi) is 5.76. The number of para-hydroxylation sites is 1. The number of rotatable bonds is 5. The molecule has 0 unspecified atom stereocenters. The number of nitrogens with one attached hydrogen (secondary N) is 1. The summed E-state index contributed by atoms with van der Waals surface area (Å²) in [5, 5.41) is 7.34. The van der Waals surface area contributed by atoms with Gasteiger partial charge in [0.05, 0.1) is 17.9 Å². The number of aromatic nitrogens is 2. The third kappa shape index (κ3) is 4.23. The molecule has 1 heterocycles. The smallest absolute Gasteiger partial charge is 0.244 e. The molecule has 2 amide bonds. The molecule has 1 N–H and O–H groups in total. The van der Waals surface area contributed by atoms with Crippen molar-refractivity contribution in [1.82, 2.24) is 20.0 Å². The Bertz CT molecular complexity index is 766. The van der Waals surface area contributed by atoms with Gasteiger partial charge in [0.25, 0.3) is 0 Å². The summed E-state index contributed by atoms with van der Waals surface area (Å²) in [5.41, 5.74) is 2.21. The van der Waals surface area contributed by atoms with E-state index in [0.29, 0.717) is 16.4 Å². The number of halogens is 1. The maximum Gasteiger partial charge on any atom is 0.244 e. The highest BCUT2D eigenvalue weighted by atomic mass is 35.5. The van der Waals surface area contributed by atoms with Crippen molar-refractivity contribution >= 4 is 29.5 Å². The van der Waals surface area contributed by atoms with Crippen molar-refractivity contribution in [2.45, 2.75) is 6.92 Å². The third-order valence-electron chi connectivity index (χ3n) is 3.36. The molecular weight excluding hydrogens is 328 g/mol. The van der Waals surface area contributed by atoms with Crippen molar-refractivity contribution < 1.29 is 9.59 Å². The number of aryl methyl sites for hydroxylation is 1. The molecule has 126 valence electrons. The number of likely N-dealkylation sites (N-methyl/N-ethyl adjacent to an activating group) is 1. The molecule has 0 spiro atoms. The normalized spacial score (nSPS) is 10.8. The molecule has 0 atom stereocenters. The second kappa shape index (κ2) is 7.79. The maximum absolute atomic E-state index is 11.8. The monoisotopic (exact) mass is 346 g/mol. The van der Waals surface area contributed by atoms with Crippen LogP contribution >= 0.6 is 11.6 Å². The Morgan fingerprint density at radius 3 is 2.58 bits per heavy atom. The average molecular weight is 347 g/mol. The molecule has 2 rings (SSSR count). The number of amides is 2. The zero-order chi connectivity index (χ0) is 17.7. The van der Waals surface area contributed by atoms with E-state index in [9.17, 15) is 9.59 Å². The first-order valence-electron chi connectivity index (χ1n) is 7.36. The van der Waals surface area contributed by atoms with E-state index in [1.54, 1.807) is 24.9 Å². The molecule has 6 nitrogen and oxygen atoms in total. The van der Waals surface area contributed by atoms with E-state index in [1.807, 2.05) is 37.3 Å². The quantitative estimate of drug-likeness (QED) is 0.842. The zero-order valence-electron chi connectivity index (χ0n) is 13.8. The molecule has 0 aliphatic carbocycles. The summed E-state index contributed by atoms with van der Waals surface area (Å²) in [7, 11) is 3.26. The first-order valence-corrected chi connectivity index (χ1v) is 7.74. The summed E-state index contributed by atoms with van der Waals surface area (Å²) < 4.78 is 1.62. The molecular formula is C17H19ClN4O2. The SMILES string of the molecule is Cc1nn(-c2ccccc2)c(Cl)c1/C=C/C(=O)NCC(=O)N(C)C. The highest BCUT2D eigenvalue weighted by Crippen LogP contribution is 2.24. The molecule has 0 saturated heterocycles. The minimum Gasteiger partial charge on any atom is -0.347 e. The molecule has 7 heteroatoms. The minimum atomic E-state index is -0.367. The van der Waals surface area contributed by atoms with Crippen molar-refractivity contribution in [2.24, 2.45) is 0 Å². The minimum absolute atomic E-state index is 0.0494. The predicted molar refractivity (Wildman–Crippen MR) is 94.0 cm³/mol. The average Bonchev–Trinajstić information content (AvgIpc) is 2.85. The number of nitrogens with zero attached hydrogens (tertiary/aromatic N) is 3. The first-order chi connectivity index (χ1) is 11.4. The molecule has 0 fully saturated rings. The highest BCUT2D eigenvalue weighted by Gasteiger charge is 2.13. The largest absolute Gasteiger partial charge is 0.347 e. The van der Waals surface area contributed by atoms with Gasteiger partial charge in [-0.1, -0.05) is 29.8 Å². The van der Waals surface area contributed by atoms with Gasteiger partial charge in [-0.2, -0.15) is 5.10 Å². The van der Waals surface area contributed by atoms with E-state index in [4.69, 9.17) is 11.6 Å². The van der Waals surface area contributed by atoms with Gasteiger partial charge in [-0.05, 0) is 25.1 Å². The van der Waals surface area contributed by atoms with Crippen LogP contribution in [0.4, 0.5) is 0 Å². The van der Waals surface area contributed by atoms with E-state index < -0.39 is 0 Å². The lowest BCUT2D eigenvalue weighted by atomic mass is 10.2. The van der Waals surface area contributed by atoms with Gasteiger partial charge < -0.3 is 10.2 Å². The lowest BCUT2D eigenvalue weighted by molar-refractivity contribution is -0.129. The van der Waals surface area contributed by atoms with Crippen molar-refractivity contribution in [2.75, 3.05) is 20.6 Å². The number of hydrogen-bond donors (Lipinski definition) is 1. The first kappa shape index (κ1) is 17.7. The van der Waals surface area contributed by atoms with Crippen LogP contribution in [-0.4, -0.2) is 47.1 Å². The van der Waals surface area contributed by atoms with Crippen LogP contribution in [0.5, 0.6) is 0 Å². The van der Waals surface area contributed by atoms with Crippen molar-refractivity contribution in [3.05, 3.63) is 52.8 Å². The number of benzene rings is 1. The fraction of sp³-hybridized carbons (Fsp3) is 0.235. The molecule has 0 radical (unpaired) electrons. The van der Waals surface area contributed by atoms with Crippen molar-refractivity contribution in [1.29, 1.82) is 0 Å². The van der Waals surface area contributed by atoms with Gasteiger partial charge in [0.1, 0.15) is 5.15 Å². The van der Waals surface area contributed by atoms with Gasteiger partial charge in [-0.25, -0.2) is 4.68 Å². The van der Waals surface area contributed by atoms with Crippen LogP contribution in [0.15, 0.2) is 36.4 Å². The summed E-state index contributed by atoms with van der Waals surface area (Å²) in [4.78, 5) is 24.7. The molecule has 0 saturated carbocycles. The van der Waals surface area contributed by atoms with Crippen LogP contribution in [0.25, 0.3) is 11.8 Å². The summed E-state index contributed by atoms with van der Waals surface area (Å²) >= 11 is 6.37. The summed E-state index contributed by atoms with van der Waals surface area (Å²) in [6.45, 7) is 1.77. The fourth-order valence-electron chi connectivity index (χ4n) is 1.98. The summed E-state index contributed by atoms with van der Waals surface area (Å²) in [6, 6.07) is 9.49. The molecule has 1 aromatic carbocycles. The van der Waals surface area contributed by atoms with Crippen molar-refractivity contribution in [3.8, 4) is 5.69 Å². The Morgan fingerprint density at radius 1 is 1.29 bits per heavy atom. The lowest BCUT2D eigenvalue weighted by Gasteiger charge is -2.09. The van der Waals surface area contributed by atoms with E-state index in [0.717, 1.165) is 5.69 Å². The predicted octanol–water partition coefficient (Wildman–Crippen LogP) is 2.05. The van der Waals surface area contributed by atoms with Gasteiger partial charge in [0.15, 0.2) is 0 Å². The number of carbonyl (C=O) groups excluding carboxylic acids is 2. The van der Waals surface area contributed by atoms with E-state index >= 15 is 0 Å². The molecule has 1 aromatic heterocycles. The van der Waals surface area contributed by atoms with Crippen LogP contribution in [0, 0.1) is 6.92 Å². The molecule has 24 heavy (non-hydrogen) atoms. The van der Waals surface area contributed by atoms with E-state index in [1.165, 1.54) is 11.0 Å². The fourth-order valence-corrected chi connectivity index (χ4v) is 2.31. The summed E-state index contributed by atoms with van der Waals surface area (Å²) in [5.74, 6) is -0.545. The van der Waals surface area contributed by atoms with Crippen LogP contribution in [-0.2, 0) is 9.59 Å². The molecule has 2 aromatic rings.